The molecule has 2 aromatic rings. The van der Waals surface area contributed by atoms with Crippen molar-refractivity contribution >= 4 is 22.0 Å². The molecular formula is C24H31NO6S. The SMILES string of the molecule is COC(=O)C[C@H](NC(=O)[C@@H](CC(C)C)OS(C)(=O)=O)c1cccc(-c2ccccc2C)c1. The van der Waals surface area contributed by atoms with Crippen molar-refractivity contribution in [2.24, 2.45) is 5.92 Å². The topological polar surface area (TPSA) is 98.8 Å². The number of rotatable bonds is 10. The third kappa shape index (κ3) is 7.76. The predicted octanol–water partition coefficient (Wildman–Crippen LogP) is 3.77. The number of carbonyl (C=O) groups excluding carboxylic acids is 2. The van der Waals surface area contributed by atoms with Gasteiger partial charge in [0, 0.05) is 0 Å². The van der Waals surface area contributed by atoms with E-state index in [-0.39, 0.29) is 18.8 Å². The highest BCUT2D eigenvalue weighted by Gasteiger charge is 2.28. The Bertz CT molecular complexity index is 1050. The van der Waals surface area contributed by atoms with E-state index >= 15 is 0 Å². The molecule has 1 N–H and O–H groups in total. The number of carbonyl (C=O) groups is 2. The second-order valence-electron chi connectivity index (χ2n) is 8.20. The van der Waals surface area contributed by atoms with Gasteiger partial charge < -0.3 is 10.1 Å². The predicted molar refractivity (Wildman–Crippen MR) is 123 cm³/mol. The summed E-state index contributed by atoms with van der Waals surface area (Å²) < 4.78 is 33.2. The minimum Gasteiger partial charge on any atom is -0.469 e. The van der Waals surface area contributed by atoms with Crippen LogP contribution >= 0.6 is 0 Å². The number of ether oxygens (including phenoxy) is 1. The molecule has 0 fully saturated rings. The standard InChI is InChI=1S/C24H31NO6S/c1-16(2)13-22(31-32(5,28)29)24(27)25-21(15-23(26)30-4)19-11-8-10-18(14-19)20-12-7-6-9-17(20)3/h6-12,14,16,21-22H,13,15H2,1-5H3,(H,25,27)/t21-,22+/m0/s1. The number of aryl methyl sites for hydroxylation is 1. The number of benzene rings is 2. The van der Waals surface area contributed by atoms with E-state index in [0.717, 1.165) is 22.9 Å². The van der Waals surface area contributed by atoms with Crippen molar-refractivity contribution in [2.75, 3.05) is 13.4 Å². The van der Waals surface area contributed by atoms with Gasteiger partial charge in [-0.25, -0.2) is 0 Å². The second-order valence-corrected chi connectivity index (χ2v) is 9.80. The monoisotopic (exact) mass is 461 g/mol. The van der Waals surface area contributed by atoms with Crippen LogP contribution in [-0.4, -0.2) is 39.8 Å². The van der Waals surface area contributed by atoms with Crippen molar-refractivity contribution in [3.05, 3.63) is 59.7 Å². The van der Waals surface area contributed by atoms with Crippen molar-refractivity contribution in [1.29, 1.82) is 0 Å². The van der Waals surface area contributed by atoms with Crippen LogP contribution in [0.5, 0.6) is 0 Å². The molecular weight excluding hydrogens is 430 g/mol. The molecule has 8 heteroatoms. The summed E-state index contributed by atoms with van der Waals surface area (Å²) >= 11 is 0. The quantitative estimate of drug-likeness (QED) is 0.427. The average Bonchev–Trinajstić information content (AvgIpc) is 2.71. The highest BCUT2D eigenvalue weighted by atomic mass is 32.2. The number of hydrogen-bond donors (Lipinski definition) is 1. The summed E-state index contributed by atoms with van der Waals surface area (Å²) in [5, 5.41) is 2.79. The van der Waals surface area contributed by atoms with E-state index in [1.807, 2.05) is 69.3 Å². The molecule has 2 atom stereocenters. The van der Waals surface area contributed by atoms with Crippen molar-refractivity contribution in [2.45, 2.75) is 45.8 Å². The van der Waals surface area contributed by atoms with E-state index in [9.17, 15) is 18.0 Å². The Balaban J connectivity index is 2.37. The Morgan fingerprint density at radius 1 is 1.06 bits per heavy atom. The fourth-order valence-corrected chi connectivity index (χ4v) is 4.00. The fraction of sp³-hybridized carbons (Fsp3) is 0.417. The average molecular weight is 462 g/mol. The van der Waals surface area contributed by atoms with E-state index in [1.54, 1.807) is 0 Å². The number of methoxy groups -OCH3 is 1. The molecule has 174 valence electrons. The van der Waals surface area contributed by atoms with Gasteiger partial charge in [-0.3, -0.25) is 13.8 Å². The maximum atomic E-state index is 13.0. The highest BCUT2D eigenvalue weighted by molar-refractivity contribution is 7.86. The molecule has 2 rings (SSSR count). The summed E-state index contributed by atoms with van der Waals surface area (Å²) in [4.78, 5) is 25.0. The minimum absolute atomic E-state index is 0.0240. The normalized spacial score (nSPS) is 13.4. The van der Waals surface area contributed by atoms with Crippen LogP contribution in [0.25, 0.3) is 11.1 Å². The Morgan fingerprint density at radius 3 is 2.34 bits per heavy atom. The molecule has 0 unspecified atom stereocenters. The van der Waals surface area contributed by atoms with Crippen molar-refractivity contribution < 1.29 is 26.9 Å². The van der Waals surface area contributed by atoms with E-state index in [4.69, 9.17) is 8.92 Å². The van der Waals surface area contributed by atoms with Gasteiger partial charge in [0.25, 0.3) is 16.0 Å². The van der Waals surface area contributed by atoms with Crippen molar-refractivity contribution in [3.63, 3.8) is 0 Å². The molecule has 0 saturated heterocycles. The molecule has 7 nitrogen and oxygen atoms in total. The zero-order chi connectivity index (χ0) is 23.9. The molecule has 0 aromatic heterocycles. The first-order valence-corrected chi connectivity index (χ1v) is 12.2. The van der Waals surface area contributed by atoms with Crippen LogP contribution in [-0.2, 0) is 28.6 Å². The minimum atomic E-state index is -3.84. The number of amides is 1. The molecule has 0 aliphatic carbocycles. The van der Waals surface area contributed by atoms with Gasteiger partial charge in [0.05, 0.1) is 25.8 Å². The highest BCUT2D eigenvalue weighted by Crippen LogP contribution is 2.27. The maximum Gasteiger partial charge on any atom is 0.307 e. The zero-order valence-corrected chi connectivity index (χ0v) is 19.9. The van der Waals surface area contributed by atoms with Crippen LogP contribution in [0.1, 0.15) is 43.9 Å². The molecule has 0 heterocycles. The summed E-state index contributed by atoms with van der Waals surface area (Å²) in [5.74, 6) is -1.07. The molecule has 0 radical (unpaired) electrons. The summed E-state index contributed by atoms with van der Waals surface area (Å²) in [5.41, 5.74) is 3.77. The van der Waals surface area contributed by atoms with Gasteiger partial charge in [-0.15, -0.1) is 0 Å². The molecule has 0 aliphatic heterocycles. The zero-order valence-electron chi connectivity index (χ0n) is 19.1. The lowest BCUT2D eigenvalue weighted by atomic mass is 9.95. The molecule has 1 amide bonds. The molecule has 0 bridgehead atoms. The van der Waals surface area contributed by atoms with Gasteiger partial charge in [-0.05, 0) is 47.6 Å². The van der Waals surface area contributed by atoms with Crippen LogP contribution in [0.4, 0.5) is 0 Å². The third-order valence-electron chi connectivity index (χ3n) is 4.93. The van der Waals surface area contributed by atoms with E-state index in [0.29, 0.717) is 5.56 Å². The smallest absolute Gasteiger partial charge is 0.307 e. The number of esters is 1. The molecule has 0 spiro atoms. The van der Waals surface area contributed by atoms with Gasteiger partial charge in [0.1, 0.15) is 0 Å². The Morgan fingerprint density at radius 2 is 1.75 bits per heavy atom. The van der Waals surface area contributed by atoms with Crippen LogP contribution in [0.3, 0.4) is 0 Å². The van der Waals surface area contributed by atoms with E-state index in [1.165, 1.54) is 7.11 Å². The Kier molecular flexibility index (Phi) is 8.98. The summed E-state index contributed by atoms with van der Waals surface area (Å²) in [6.45, 7) is 5.74. The first-order valence-electron chi connectivity index (χ1n) is 10.4. The fourth-order valence-electron chi connectivity index (χ4n) is 3.42. The Hall–Kier alpha value is -2.71. The Labute approximate surface area is 190 Å². The molecule has 2 aromatic carbocycles. The molecule has 32 heavy (non-hydrogen) atoms. The van der Waals surface area contributed by atoms with Gasteiger partial charge in [-0.2, -0.15) is 8.42 Å². The van der Waals surface area contributed by atoms with Crippen LogP contribution in [0.15, 0.2) is 48.5 Å². The first kappa shape index (κ1) is 25.5. The van der Waals surface area contributed by atoms with Crippen molar-refractivity contribution in [1.82, 2.24) is 5.32 Å². The van der Waals surface area contributed by atoms with E-state index in [2.05, 4.69) is 5.32 Å². The van der Waals surface area contributed by atoms with E-state index < -0.39 is 34.1 Å². The lowest BCUT2D eigenvalue weighted by Gasteiger charge is -2.23. The van der Waals surface area contributed by atoms with Crippen LogP contribution in [0.2, 0.25) is 0 Å². The lowest BCUT2D eigenvalue weighted by molar-refractivity contribution is -0.141. The summed E-state index contributed by atoms with van der Waals surface area (Å²) in [6.07, 6.45) is -0.171. The van der Waals surface area contributed by atoms with Gasteiger partial charge in [0.15, 0.2) is 6.10 Å². The summed E-state index contributed by atoms with van der Waals surface area (Å²) in [7, 11) is -2.57. The van der Waals surface area contributed by atoms with Gasteiger partial charge in [0.2, 0.25) is 0 Å². The van der Waals surface area contributed by atoms with Gasteiger partial charge in [-0.1, -0.05) is 56.3 Å². The molecule has 0 aliphatic rings. The number of nitrogens with one attached hydrogen (secondary N) is 1. The lowest BCUT2D eigenvalue weighted by Crippen LogP contribution is -2.41. The summed E-state index contributed by atoms with van der Waals surface area (Å²) in [6, 6.07) is 14.7. The van der Waals surface area contributed by atoms with Crippen molar-refractivity contribution in [3.8, 4) is 11.1 Å². The van der Waals surface area contributed by atoms with Crippen LogP contribution in [0, 0.1) is 12.8 Å². The third-order valence-corrected chi connectivity index (χ3v) is 5.51. The maximum absolute atomic E-state index is 13.0. The molecule has 0 saturated carbocycles. The number of hydrogen-bond acceptors (Lipinski definition) is 6. The second kappa shape index (κ2) is 11.2. The largest absolute Gasteiger partial charge is 0.469 e. The van der Waals surface area contributed by atoms with Crippen LogP contribution < -0.4 is 5.32 Å². The van der Waals surface area contributed by atoms with Gasteiger partial charge >= 0.3 is 5.97 Å². The first-order chi connectivity index (χ1) is 15.0.